The quantitative estimate of drug-likeness (QED) is 0.644. The number of nitrogens with one attached hydrogen (secondary N) is 1. The van der Waals surface area contributed by atoms with Gasteiger partial charge >= 0.3 is 0 Å². The standard InChI is InChI=1S/C27H31NO5/c29-23(21-6-5-19-3-1-2-4-20(19)15-21)8-10-26(30)28-17-27(11-13-31-14-12-27)22-7-9-24-25(16-22)33-18-32-24/h5-7,9,15-16H,1-4,8,10-14,17-18H2,(H,28,30). The number of amides is 1. The van der Waals surface area contributed by atoms with Crippen molar-refractivity contribution in [3.63, 3.8) is 0 Å². The Morgan fingerprint density at radius 3 is 2.52 bits per heavy atom. The highest BCUT2D eigenvalue weighted by Gasteiger charge is 2.36. The summed E-state index contributed by atoms with van der Waals surface area (Å²) in [6.07, 6.45) is 6.62. The molecule has 2 heterocycles. The number of Topliss-reactive ketones (excluding diaryl/α,β-unsaturated/α-hetero) is 1. The Morgan fingerprint density at radius 1 is 0.879 bits per heavy atom. The molecule has 0 atom stereocenters. The molecule has 1 fully saturated rings. The summed E-state index contributed by atoms with van der Waals surface area (Å²) in [6.45, 7) is 2.06. The van der Waals surface area contributed by atoms with Gasteiger partial charge in [0.2, 0.25) is 12.7 Å². The van der Waals surface area contributed by atoms with Crippen LogP contribution in [-0.2, 0) is 27.8 Å². The van der Waals surface area contributed by atoms with Crippen LogP contribution in [0.15, 0.2) is 36.4 Å². The molecule has 3 aliphatic rings. The van der Waals surface area contributed by atoms with Gasteiger partial charge in [0, 0.05) is 43.6 Å². The molecule has 0 aromatic heterocycles. The molecule has 0 radical (unpaired) electrons. The summed E-state index contributed by atoms with van der Waals surface area (Å²) in [6, 6.07) is 12.1. The zero-order chi connectivity index (χ0) is 22.7. The van der Waals surface area contributed by atoms with Gasteiger partial charge in [-0.25, -0.2) is 0 Å². The van der Waals surface area contributed by atoms with Crippen LogP contribution in [0.1, 0.15) is 65.6 Å². The second kappa shape index (κ2) is 9.56. The first-order valence-electron chi connectivity index (χ1n) is 12.0. The van der Waals surface area contributed by atoms with Gasteiger partial charge < -0.3 is 19.5 Å². The lowest BCUT2D eigenvalue weighted by molar-refractivity contribution is -0.121. The minimum Gasteiger partial charge on any atom is -0.454 e. The highest BCUT2D eigenvalue weighted by molar-refractivity contribution is 5.98. The van der Waals surface area contributed by atoms with Crippen molar-refractivity contribution in [1.82, 2.24) is 5.32 Å². The van der Waals surface area contributed by atoms with Gasteiger partial charge in [0.1, 0.15) is 0 Å². The predicted molar refractivity (Wildman–Crippen MR) is 124 cm³/mol. The third-order valence-corrected chi connectivity index (χ3v) is 7.31. The fourth-order valence-corrected chi connectivity index (χ4v) is 5.19. The Labute approximate surface area is 194 Å². The van der Waals surface area contributed by atoms with E-state index in [-0.39, 0.29) is 36.7 Å². The molecule has 6 heteroatoms. The molecule has 1 aliphatic carbocycles. The summed E-state index contributed by atoms with van der Waals surface area (Å²) in [4.78, 5) is 25.4. The first-order valence-corrected chi connectivity index (χ1v) is 12.0. The van der Waals surface area contributed by atoms with Gasteiger partial charge in [-0.15, -0.1) is 0 Å². The second-order valence-corrected chi connectivity index (χ2v) is 9.35. The molecule has 0 spiro atoms. The molecule has 0 saturated carbocycles. The third kappa shape index (κ3) is 4.76. The minimum atomic E-state index is -0.211. The van der Waals surface area contributed by atoms with Crippen molar-refractivity contribution < 1.29 is 23.8 Å². The van der Waals surface area contributed by atoms with Gasteiger partial charge in [-0.2, -0.15) is 0 Å². The van der Waals surface area contributed by atoms with E-state index in [1.54, 1.807) is 0 Å². The minimum absolute atomic E-state index is 0.0371. The topological polar surface area (TPSA) is 73.9 Å². The number of fused-ring (bicyclic) bond motifs is 2. The molecule has 33 heavy (non-hydrogen) atoms. The fraction of sp³-hybridized carbons (Fsp3) is 0.481. The van der Waals surface area contributed by atoms with E-state index in [2.05, 4.69) is 17.4 Å². The van der Waals surface area contributed by atoms with Gasteiger partial charge in [-0.1, -0.05) is 18.2 Å². The number of hydrogen-bond acceptors (Lipinski definition) is 5. The molecule has 2 aliphatic heterocycles. The van der Waals surface area contributed by atoms with Crippen LogP contribution in [0.2, 0.25) is 0 Å². The Kier molecular flexibility index (Phi) is 6.36. The number of ketones is 1. The molecule has 6 nitrogen and oxygen atoms in total. The number of carbonyl (C=O) groups is 2. The second-order valence-electron chi connectivity index (χ2n) is 9.35. The van der Waals surface area contributed by atoms with Gasteiger partial charge in [0.05, 0.1) is 0 Å². The third-order valence-electron chi connectivity index (χ3n) is 7.31. The number of benzene rings is 2. The summed E-state index contributed by atoms with van der Waals surface area (Å²) in [5.41, 5.74) is 4.30. The highest BCUT2D eigenvalue weighted by atomic mass is 16.7. The van der Waals surface area contributed by atoms with E-state index in [1.165, 1.54) is 24.0 Å². The number of ether oxygens (including phenoxy) is 3. The lowest BCUT2D eigenvalue weighted by Gasteiger charge is -2.38. The lowest BCUT2D eigenvalue weighted by Crippen LogP contribution is -2.44. The van der Waals surface area contributed by atoms with E-state index < -0.39 is 0 Å². The predicted octanol–water partition coefficient (Wildman–Crippen LogP) is 4.12. The zero-order valence-corrected chi connectivity index (χ0v) is 19.0. The molecule has 174 valence electrons. The molecule has 1 amide bonds. The Bertz CT molecular complexity index is 1040. The normalized spacial score (nSPS) is 18.4. The molecule has 2 aromatic carbocycles. The molecule has 1 saturated heterocycles. The van der Waals surface area contributed by atoms with E-state index in [9.17, 15) is 9.59 Å². The first-order chi connectivity index (χ1) is 16.1. The van der Waals surface area contributed by atoms with Crippen LogP contribution in [0.4, 0.5) is 0 Å². The summed E-state index contributed by atoms with van der Waals surface area (Å²) in [5.74, 6) is 1.45. The number of hydrogen-bond donors (Lipinski definition) is 1. The molecule has 1 N–H and O–H groups in total. The van der Waals surface area contributed by atoms with E-state index in [0.717, 1.165) is 48.3 Å². The first kappa shape index (κ1) is 22.0. The van der Waals surface area contributed by atoms with E-state index in [0.29, 0.717) is 19.8 Å². The van der Waals surface area contributed by atoms with Crippen molar-refractivity contribution in [3.8, 4) is 11.5 Å². The van der Waals surface area contributed by atoms with Crippen LogP contribution in [0.25, 0.3) is 0 Å². The maximum absolute atomic E-state index is 12.7. The number of carbonyl (C=O) groups excluding carboxylic acids is 2. The van der Waals surface area contributed by atoms with Crippen LogP contribution in [0.3, 0.4) is 0 Å². The van der Waals surface area contributed by atoms with E-state index in [4.69, 9.17) is 14.2 Å². The zero-order valence-electron chi connectivity index (χ0n) is 19.0. The van der Waals surface area contributed by atoms with E-state index >= 15 is 0 Å². The molecule has 0 bridgehead atoms. The summed E-state index contributed by atoms with van der Waals surface area (Å²) < 4.78 is 16.6. The van der Waals surface area contributed by atoms with Gasteiger partial charge in [-0.3, -0.25) is 9.59 Å². The van der Waals surface area contributed by atoms with Crippen LogP contribution in [0.5, 0.6) is 11.5 Å². The van der Waals surface area contributed by atoms with Crippen molar-refractivity contribution in [1.29, 1.82) is 0 Å². The SMILES string of the molecule is O=C(CCC(=O)c1ccc2c(c1)CCCC2)NCC1(c2ccc3c(c2)OCO3)CCOCC1. The lowest BCUT2D eigenvalue weighted by atomic mass is 9.74. The van der Waals surface area contributed by atoms with Crippen molar-refractivity contribution in [3.05, 3.63) is 58.7 Å². The molecular formula is C27H31NO5. The van der Waals surface area contributed by atoms with Gasteiger partial charge in [0.15, 0.2) is 17.3 Å². The highest BCUT2D eigenvalue weighted by Crippen LogP contribution is 2.40. The van der Waals surface area contributed by atoms with Crippen molar-refractivity contribution in [2.24, 2.45) is 0 Å². The molecule has 5 rings (SSSR count). The number of rotatable bonds is 7. The largest absolute Gasteiger partial charge is 0.454 e. The van der Waals surface area contributed by atoms with Crippen LogP contribution >= 0.6 is 0 Å². The van der Waals surface area contributed by atoms with Crippen molar-refractivity contribution in [2.45, 2.75) is 56.8 Å². The summed E-state index contributed by atoms with van der Waals surface area (Å²) in [7, 11) is 0. The van der Waals surface area contributed by atoms with Crippen LogP contribution in [0, 0.1) is 0 Å². The average Bonchev–Trinajstić information content (AvgIpc) is 3.34. The number of aryl methyl sites for hydroxylation is 2. The molecular weight excluding hydrogens is 418 g/mol. The fourth-order valence-electron chi connectivity index (χ4n) is 5.19. The molecule has 0 unspecified atom stereocenters. The smallest absolute Gasteiger partial charge is 0.231 e. The molecule has 2 aromatic rings. The maximum Gasteiger partial charge on any atom is 0.231 e. The Morgan fingerprint density at radius 2 is 1.67 bits per heavy atom. The Hall–Kier alpha value is -2.86. The van der Waals surface area contributed by atoms with Crippen LogP contribution in [-0.4, -0.2) is 38.2 Å². The van der Waals surface area contributed by atoms with Gasteiger partial charge in [-0.05, 0) is 73.4 Å². The summed E-state index contributed by atoms with van der Waals surface area (Å²) >= 11 is 0. The van der Waals surface area contributed by atoms with Crippen molar-refractivity contribution in [2.75, 3.05) is 26.6 Å². The summed E-state index contributed by atoms with van der Waals surface area (Å²) in [5, 5.41) is 3.10. The Balaban J connectivity index is 1.19. The monoisotopic (exact) mass is 449 g/mol. The van der Waals surface area contributed by atoms with E-state index in [1.807, 2.05) is 24.3 Å². The van der Waals surface area contributed by atoms with Gasteiger partial charge in [0.25, 0.3) is 0 Å². The van der Waals surface area contributed by atoms with Crippen LogP contribution < -0.4 is 14.8 Å². The van der Waals surface area contributed by atoms with Crippen molar-refractivity contribution >= 4 is 11.7 Å². The average molecular weight is 450 g/mol. The maximum atomic E-state index is 12.7.